The smallest absolute Gasteiger partial charge is 0.315 e. The molecule has 0 saturated heterocycles. The molecule has 1 aliphatic carbocycles. The Morgan fingerprint density at radius 1 is 1.32 bits per heavy atom. The summed E-state index contributed by atoms with van der Waals surface area (Å²) >= 11 is 0. The van der Waals surface area contributed by atoms with E-state index in [2.05, 4.69) is 10.2 Å². The summed E-state index contributed by atoms with van der Waals surface area (Å²) in [6, 6.07) is 8.87. The lowest BCUT2D eigenvalue weighted by molar-refractivity contribution is -0.148. The van der Waals surface area contributed by atoms with Gasteiger partial charge in [0.05, 0.1) is 17.8 Å². The van der Waals surface area contributed by atoms with E-state index in [0.717, 1.165) is 30.5 Å². The summed E-state index contributed by atoms with van der Waals surface area (Å²) < 4.78 is 5.40. The fraction of sp³-hybridized carbons (Fsp3) is 0.353. The third-order valence-electron chi connectivity index (χ3n) is 4.04. The molecule has 0 aliphatic heterocycles. The topological polar surface area (TPSA) is 72.0 Å². The molecule has 22 heavy (non-hydrogen) atoms. The minimum Gasteiger partial charge on any atom is -0.454 e. The molecular formula is C17H18N2O3. The first-order valence-corrected chi connectivity index (χ1v) is 7.48. The quantitative estimate of drug-likeness (QED) is 0.695. The summed E-state index contributed by atoms with van der Waals surface area (Å²) in [7, 11) is 0. The van der Waals surface area contributed by atoms with E-state index in [9.17, 15) is 9.59 Å². The van der Waals surface area contributed by atoms with Crippen LogP contribution in [0.1, 0.15) is 47.3 Å². The number of benzene rings is 1. The number of ketones is 1. The van der Waals surface area contributed by atoms with Gasteiger partial charge >= 0.3 is 5.97 Å². The van der Waals surface area contributed by atoms with Crippen LogP contribution in [0.15, 0.2) is 36.5 Å². The van der Waals surface area contributed by atoms with Crippen molar-refractivity contribution in [2.45, 2.75) is 38.2 Å². The summed E-state index contributed by atoms with van der Waals surface area (Å²) in [4.78, 5) is 24.6. The average Bonchev–Trinajstić information content (AvgIpc) is 3.03. The third-order valence-corrected chi connectivity index (χ3v) is 4.04. The van der Waals surface area contributed by atoms with Gasteiger partial charge in [-0.25, -0.2) is 0 Å². The number of nitrogens with zero attached hydrogens (tertiary/aromatic N) is 1. The number of carbonyl (C=O) groups excluding carboxylic acids is 2. The lowest BCUT2D eigenvalue weighted by Gasteiger charge is -2.22. The predicted molar refractivity (Wildman–Crippen MR) is 80.6 cm³/mol. The molecule has 0 fully saturated rings. The molecule has 0 amide bonds. The van der Waals surface area contributed by atoms with E-state index in [0.29, 0.717) is 5.56 Å². The number of rotatable bonds is 4. The molecule has 2 atom stereocenters. The predicted octanol–water partition coefficient (Wildman–Crippen LogP) is 2.64. The molecule has 0 saturated carbocycles. The Bertz CT molecular complexity index is 678. The van der Waals surface area contributed by atoms with Crippen LogP contribution in [-0.2, 0) is 16.0 Å². The molecule has 1 aromatic heterocycles. The number of nitrogens with one attached hydrogen (secondary N) is 1. The maximum Gasteiger partial charge on any atom is 0.315 e. The van der Waals surface area contributed by atoms with Gasteiger partial charge in [-0.05, 0) is 31.7 Å². The largest absolute Gasteiger partial charge is 0.454 e. The zero-order valence-electron chi connectivity index (χ0n) is 12.4. The number of ether oxygens (including phenoxy) is 1. The Morgan fingerprint density at radius 3 is 2.86 bits per heavy atom. The van der Waals surface area contributed by atoms with Crippen LogP contribution < -0.4 is 0 Å². The molecule has 0 bridgehead atoms. The minimum atomic E-state index is -0.789. The first-order valence-electron chi connectivity index (χ1n) is 7.48. The van der Waals surface area contributed by atoms with Crippen molar-refractivity contribution in [2.75, 3.05) is 0 Å². The van der Waals surface area contributed by atoms with Crippen molar-refractivity contribution in [1.82, 2.24) is 10.2 Å². The van der Waals surface area contributed by atoms with Crippen LogP contribution in [0, 0.1) is 0 Å². The van der Waals surface area contributed by atoms with Crippen molar-refractivity contribution >= 4 is 11.8 Å². The van der Waals surface area contributed by atoms with Crippen LogP contribution in [0.5, 0.6) is 0 Å². The third kappa shape index (κ3) is 2.79. The monoisotopic (exact) mass is 298 g/mol. The van der Waals surface area contributed by atoms with E-state index in [1.54, 1.807) is 37.4 Å². The van der Waals surface area contributed by atoms with E-state index in [4.69, 9.17) is 4.74 Å². The normalized spacial score (nSPS) is 18.3. The lowest BCUT2D eigenvalue weighted by Crippen LogP contribution is -2.29. The maximum atomic E-state index is 12.4. The van der Waals surface area contributed by atoms with Gasteiger partial charge in [0.2, 0.25) is 5.78 Å². The van der Waals surface area contributed by atoms with Crippen LogP contribution in [0.25, 0.3) is 0 Å². The van der Waals surface area contributed by atoms with Crippen molar-refractivity contribution < 1.29 is 14.3 Å². The van der Waals surface area contributed by atoms with E-state index in [-0.39, 0.29) is 17.7 Å². The Balaban J connectivity index is 1.69. The fourth-order valence-corrected chi connectivity index (χ4v) is 2.85. The van der Waals surface area contributed by atoms with Gasteiger partial charge in [-0.1, -0.05) is 30.3 Å². The van der Waals surface area contributed by atoms with Crippen LogP contribution in [0.3, 0.4) is 0 Å². The molecule has 5 heteroatoms. The number of H-pyrrole nitrogens is 1. The molecule has 1 heterocycles. The molecule has 0 radical (unpaired) electrons. The summed E-state index contributed by atoms with van der Waals surface area (Å²) in [6.45, 7) is 1.62. The Hall–Kier alpha value is -2.43. The van der Waals surface area contributed by atoms with Crippen LogP contribution in [0.4, 0.5) is 0 Å². The standard InChI is InChI=1S/C17H18N2O3/c1-11(16(20)12-6-3-2-4-7-12)22-17(21)14-9-5-8-13-10-18-19-15(13)14/h2-4,6-7,10-11,14H,5,8-9H2,1H3,(H,18,19)/t11-,14+/m0/s1. The van der Waals surface area contributed by atoms with Crippen molar-refractivity contribution in [3.8, 4) is 0 Å². The first-order chi connectivity index (χ1) is 10.7. The van der Waals surface area contributed by atoms with Crippen LogP contribution in [-0.4, -0.2) is 28.1 Å². The molecule has 3 rings (SSSR count). The van der Waals surface area contributed by atoms with Gasteiger partial charge in [0, 0.05) is 5.56 Å². The van der Waals surface area contributed by atoms with Gasteiger partial charge in [-0.3, -0.25) is 14.7 Å². The SMILES string of the molecule is C[C@H](OC(=O)[C@@H]1CCCc2cn[nH]c21)C(=O)c1ccccc1. The number of esters is 1. The van der Waals surface area contributed by atoms with Crippen molar-refractivity contribution in [1.29, 1.82) is 0 Å². The number of aryl methyl sites for hydroxylation is 1. The van der Waals surface area contributed by atoms with E-state index < -0.39 is 6.10 Å². The lowest BCUT2D eigenvalue weighted by atomic mass is 9.88. The van der Waals surface area contributed by atoms with Gasteiger partial charge in [0.15, 0.2) is 6.10 Å². The van der Waals surface area contributed by atoms with E-state index >= 15 is 0 Å². The number of hydrogen-bond donors (Lipinski definition) is 1. The van der Waals surface area contributed by atoms with Crippen LogP contribution >= 0.6 is 0 Å². The zero-order chi connectivity index (χ0) is 15.5. The molecule has 0 spiro atoms. The average molecular weight is 298 g/mol. The summed E-state index contributed by atoms with van der Waals surface area (Å²) in [5.74, 6) is -0.895. The molecule has 114 valence electrons. The van der Waals surface area contributed by atoms with Crippen molar-refractivity contribution in [2.24, 2.45) is 0 Å². The summed E-state index contributed by atoms with van der Waals surface area (Å²) in [5.41, 5.74) is 2.44. The van der Waals surface area contributed by atoms with Gasteiger partial charge < -0.3 is 4.74 Å². The minimum absolute atomic E-state index is 0.186. The highest BCUT2D eigenvalue weighted by Crippen LogP contribution is 2.31. The Morgan fingerprint density at radius 2 is 2.09 bits per heavy atom. The molecule has 2 aromatic rings. The fourth-order valence-electron chi connectivity index (χ4n) is 2.85. The Labute approximate surface area is 128 Å². The number of fused-ring (bicyclic) bond motifs is 1. The van der Waals surface area contributed by atoms with Gasteiger partial charge in [0.25, 0.3) is 0 Å². The van der Waals surface area contributed by atoms with Crippen LogP contribution in [0.2, 0.25) is 0 Å². The highest BCUT2D eigenvalue weighted by molar-refractivity contribution is 6.00. The number of aromatic amines is 1. The maximum absolute atomic E-state index is 12.4. The molecule has 1 aliphatic rings. The highest BCUT2D eigenvalue weighted by Gasteiger charge is 2.31. The number of Topliss-reactive ketones (excluding diaryl/α,β-unsaturated/α-hetero) is 1. The number of aromatic nitrogens is 2. The van der Waals surface area contributed by atoms with E-state index in [1.165, 1.54) is 0 Å². The second kappa shape index (κ2) is 6.13. The number of hydrogen-bond acceptors (Lipinski definition) is 4. The molecule has 5 nitrogen and oxygen atoms in total. The molecule has 0 unspecified atom stereocenters. The first kappa shape index (κ1) is 14.5. The molecular weight excluding hydrogens is 280 g/mol. The van der Waals surface area contributed by atoms with Crippen molar-refractivity contribution in [3.63, 3.8) is 0 Å². The summed E-state index contributed by atoms with van der Waals surface area (Å²) in [6.07, 6.45) is 3.54. The van der Waals surface area contributed by atoms with Crippen molar-refractivity contribution in [3.05, 3.63) is 53.3 Å². The van der Waals surface area contributed by atoms with Gasteiger partial charge in [0.1, 0.15) is 0 Å². The Kier molecular flexibility index (Phi) is 4.04. The van der Waals surface area contributed by atoms with E-state index in [1.807, 2.05) is 6.07 Å². The summed E-state index contributed by atoms with van der Waals surface area (Å²) in [5, 5.41) is 6.89. The second-order valence-corrected chi connectivity index (χ2v) is 5.56. The van der Waals surface area contributed by atoms with Gasteiger partial charge in [-0.15, -0.1) is 0 Å². The second-order valence-electron chi connectivity index (χ2n) is 5.56. The molecule has 1 aromatic carbocycles. The number of carbonyl (C=O) groups is 2. The zero-order valence-corrected chi connectivity index (χ0v) is 12.4. The highest BCUT2D eigenvalue weighted by atomic mass is 16.5. The van der Waals surface area contributed by atoms with Gasteiger partial charge in [-0.2, -0.15) is 5.10 Å². The molecule has 1 N–H and O–H groups in total.